The number of amides is 2. The quantitative estimate of drug-likeness (QED) is 0.845. The predicted octanol–water partition coefficient (Wildman–Crippen LogP) is 2.83. The number of carbonyl (C=O) groups excluding carboxylic acids is 1. The molecule has 0 unspecified atom stereocenters. The topological polar surface area (TPSA) is 52.6 Å². The van der Waals surface area contributed by atoms with Crippen molar-refractivity contribution in [1.29, 1.82) is 0 Å². The monoisotopic (exact) mass is 324 g/mol. The molecule has 2 N–H and O–H groups in total. The number of halogens is 2. The summed E-state index contributed by atoms with van der Waals surface area (Å²) in [5.74, 6) is -0.606. The average Bonchev–Trinajstić information content (AvgIpc) is 3.39. The first-order valence-corrected chi connectivity index (χ1v) is 8.10. The molecule has 0 spiro atoms. The first-order chi connectivity index (χ1) is 11.0. The van der Waals surface area contributed by atoms with Gasteiger partial charge in [-0.05, 0) is 55.7 Å². The van der Waals surface area contributed by atoms with E-state index in [-0.39, 0.29) is 30.0 Å². The van der Waals surface area contributed by atoms with Gasteiger partial charge in [0.1, 0.15) is 11.6 Å². The van der Waals surface area contributed by atoms with Crippen LogP contribution in [0.3, 0.4) is 0 Å². The largest absolute Gasteiger partial charge is 0.391 e. The Balaban J connectivity index is 1.67. The lowest BCUT2D eigenvalue weighted by atomic mass is 10.0. The molecule has 0 aromatic heterocycles. The van der Waals surface area contributed by atoms with Gasteiger partial charge in [0.15, 0.2) is 0 Å². The Kier molecular flexibility index (Phi) is 4.53. The van der Waals surface area contributed by atoms with Crippen molar-refractivity contribution in [3.8, 4) is 0 Å². The lowest BCUT2D eigenvalue weighted by Gasteiger charge is -2.25. The highest BCUT2D eigenvalue weighted by molar-refractivity contribution is 5.74. The summed E-state index contributed by atoms with van der Waals surface area (Å²) in [4.78, 5) is 13.7. The number of likely N-dealkylation sites (N-methyl/N-ethyl adjacent to an activating group) is 1. The third kappa shape index (κ3) is 3.99. The number of carbonyl (C=O) groups is 1. The summed E-state index contributed by atoms with van der Waals surface area (Å²) in [6.45, 7) is 0.250. The van der Waals surface area contributed by atoms with Gasteiger partial charge in [0.25, 0.3) is 0 Å². The maximum atomic E-state index is 14.0. The molecule has 1 aromatic carbocycles. The average molecular weight is 324 g/mol. The summed E-state index contributed by atoms with van der Waals surface area (Å²) in [7, 11) is 1.60. The van der Waals surface area contributed by atoms with Gasteiger partial charge in [-0.3, -0.25) is 0 Å². The van der Waals surface area contributed by atoms with E-state index in [2.05, 4.69) is 5.32 Å². The van der Waals surface area contributed by atoms with Crippen LogP contribution in [0.15, 0.2) is 18.2 Å². The molecule has 6 heteroatoms. The van der Waals surface area contributed by atoms with Gasteiger partial charge in [-0.15, -0.1) is 0 Å². The van der Waals surface area contributed by atoms with Gasteiger partial charge in [0, 0.05) is 19.2 Å². The fourth-order valence-electron chi connectivity index (χ4n) is 2.87. The maximum Gasteiger partial charge on any atom is 0.317 e. The summed E-state index contributed by atoms with van der Waals surface area (Å²) in [6.07, 6.45) is 3.24. The smallest absolute Gasteiger partial charge is 0.317 e. The number of rotatable bonds is 6. The minimum atomic E-state index is -0.529. The van der Waals surface area contributed by atoms with E-state index < -0.39 is 23.8 Å². The summed E-state index contributed by atoms with van der Waals surface area (Å²) in [5, 5.41) is 12.7. The molecule has 3 rings (SSSR count). The minimum Gasteiger partial charge on any atom is -0.391 e. The fourth-order valence-corrected chi connectivity index (χ4v) is 2.87. The van der Waals surface area contributed by atoms with Crippen LogP contribution in [0.2, 0.25) is 0 Å². The van der Waals surface area contributed by atoms with Crippen LogP contribution in [0.1, 0.15) is 37.3 Å². The Morgan fingerprint density at radius 3 is 2.57 bits per heavy atom. The van der Waals surface area contributed by atoms with Gasteiger partial charge in [0.2, 0.25) is 0 Å². The normalized spacial score (nSPS) is 20.0. The van der Waals surface area contributed by atoms with Crippen LogP contribution >= 0.6 is 0 Å². The van der Waals surface area contributed by atoms with E-state index in [1.54, 1.807) is 7.05 Å². The van der Waals surface area contributed by atoms with Crippen molar-refractivity contribution < 1.29 is 18.7 Å². The van der Waals surface area contributed by atoms with E-state index >= 15 is 0 Å². The predicted molar refractivity (Wildman–Crippen MR) is 81.7 cm³/mol. The molecule has 0 radical (unpaired) electrons. The molecule has 0 saturated heterocycles. The van der Waals surface area contributed by atoms with Crippen LogP contribution in [0.4, 0.5) is 13.6 Å². The maximum absolute atomic E-state index is 14.0. The fraction of sp³-hybridized carbons (Fsp3) is 0.588. The molecule has 0 heterocycles. The van der Waals surface area contributed by atoms with Crippen LogP contribution in [-0.4, -0.2) is 35.7 Å². The van der Waals surface area contributed by atoms with E-state index in [1.807, 2.05) is 0 Å². The molecule has 0 aliphatic heterocycles. The highest BCUT2D eigenvalue weighted by atomic mass is 19.1. The molecule has 4 nitrogen and oxygen atoms in total. The number of aliphatic hydroxyl groups excluding tert-OH is 1. The van der Waals surface area contributed by atoms with Crippen LogP contribution in [-0.2, 0) is 0 Å². The zero-order valence-corrected chi connectivity index (χ0v) is 13.1. The van der Waals surface area contributed by atoms with E-state index in [4.69, 9.17) is 0 Å². The zero-order valence-electron chi connectivity index (χ0n) is 13.1. The van der Waals surface area contributed by atoms with E-state index in [0.717, 1.165) is 43.9 Å². The van der Waals surface area contributed by atoms with Crippen LogP contribution < -0.4 is 5.32 Å². The number of benzene rings is 1. The van der Waals surface area contributed by atoms with Gasteiger partial charge in [0.05, 0.1) is 12.1 Å². The zero-order chi connectivity index (χ0) is 16.6. The highest BCUT2D eigenvalue weighted by Gasteiger charge is 2.36. The Morgan fingerprint density at radius 1 is 1.30 bits per heavy atom. The Bertz CT molecular complexity index is 588. The van der Waals surface area contributed by atoms with E-state index in [0.29, 0.717) is 0 Å². The molecule has 2 aliphatic carbocycles. The Labute approximate surface area is 134 Å². The number of aliphatic hydroxyl groups is 1. The summed E-state index contributed by atoms with van der Waals surface area (Å²) in [5.41, 5.74) is 0.192. The molecule has 2 amide bonds. The molecule has 1 aromatic rings. The first-order valence-electron chi connectivity index (χ1n) is 8.10. The summed E-state index contributed by atoms with van der Waals surface area (Å²) < 4.78 is 27.4. The standard InChI is InChI=1S/C17H22F2N2O2/c1-21(9-15(22)10-2-3-10)17(23)20-16(11-4-5-11)13-8-12(18)6-7-14(13)19/h6-8,10-11,15-16,22H,2-5,9H2,1H3,(H,20,23)/t15-,16-/m1/s1. The number of nitrogens with zero attached hydrogens (tertiary/aromatic N) is 1. The van der Waals surface area contributed by atoms with Crippen molar-refractivity contribution in [3.05, 3.63) is 35.4 Å². The van der Waals surface area contributed by atoms with Crippen LogP contribution in [0, 0.1) is 23.5 Å². The van der Waals surface area contributed by atoms with Gasteiger partial charge in [-0.2, -0.15) is 0 Å². The second-order valence-electron chi connectivity index (χ2n) is 6.72. The third-order valence-electron chi connectivity index (χ3n) is 4.64. The molecular weight excluding hydrogens is 302 g/mol. The van der Waals surface area contributed by atoms with Gasteiger partial charge >= 0.3 is 6.03 Å². The van der Waals surface area contributed by atoms with Crippen LogP contribution in [0.5, 0.6) is 0 Å². The highest BCUT2D eigenvalue weighted by Crippen LogP contribution is 2.42. The van der Waals surface area contributed by atoms with Crippen molar-refractivity contribution in [3.63, 3.8) is 0 Å². The SMILES string of the molecule is CN(C[C@@H](O)C1CC1)C(=O)N[C@@H](c1cc(F)ccc1F)C1CC1. The van der Waals surface area contributed by atoms with Crippen molar-refractivity contribution in [2.45, 2.75) is 37.8 Å². The van der Waals surface area contributed by atoms with Crippen molar-refractivity contribution in [1.82, 2.24) is 10.2 Å². The molecule has 2 atom stereocenters. The second kappa shape index (κ2) is 6.43. The van der Waals surface area contributed by atoms with Gasteiger partial charge < -0.3 is 15.3 Å². The summed E-state index contributed by atoms with van der Waals surface area (Å²) >= 11 is 0. The lowest BCUT2D eigenvalue weighted by molar-refractivity contribution is 0.112. The molecule has 23 heavy (non-hydrogen) atoms. The summed E-state index contributed by atoms with van der Waals surface area (Å²) in [6, 6.07) is 2.41. The van der Waals surface area contributed by atoms with E-state index in [9.17, 15) is 18.7 Å². The van der Waals surface area contributed by atoms with Gasteiger partial charge in [-0.1, -0.05) is 0 Å². The van der Waals surface area contributed by atoms with Crippen LogP contribution in [0.25, 0.3) is 0 Å². The molecule has 126 valence electrons. The van der Waals surface area contributed by atoms with Crippen molar-refractivity contribution in [2.24, 2.45) is 11.8 Å². The second-order valence-corrected chi connectivity index (χ2v) is 6.72. The lowest BCUT2D eigenvalue weighted by Crippen LogP contribution is -2.43. The Morgan fingerprint density at radius 2 is 1.96 bits per heavy atom. The first kappa shape index (κ1) is 16.2. The minimum absolute atomic E-state index is 0.136. The Hall–Kier alpha value is -1.69. The molecule has 0 bridgehead atoms. The number of nitrogens with one attached hydrogen (secondary N) is 1. The van der Waals surface area contributed by atoms with E-state index in [1.165, 1.54) is 4.90 Å². The van der Waals surface area contributed by atoms with Gasteiger partial charge in [-0.25, -0.2) is 13.6 Å². The number of hydrogen-bond donors (Lipinski definition) is 2. The van der Waals surface area contributed by atoms with Crippen molar-refractivity contribution in [2.75, 3.05) is 13.6 Å². The number of urea groups is 1. The molecule has 2 aliphatic rings. The number of hydrogen-bond acceptors (Lipinski definition) is 2. The molecule has 2 fully saturated rings. The molecule has 2 saturated carbocycles. The molecular formula is C17H22F2N2O2. The van der Waals surface area contributed by atoms with Crippen molar-refractivity contribution >= 4 is 6.03 Å². The third-order valence-corrected chi connectivity index (χ3v) is 4.64.